The molecular formula is C10H19N5OS. The third-order valence-electron chi connectivity index (χ3n) is 2.38. The third-order valence-corrected chi connectivity index (χ3v) is 3.68. The summed E-state index contributed by atoms with van der Waals surface area (Å²) in [4.78, 5) is 8.20. The quantitative estimate of drug-likeness (QED) is 0.487. The van der Waals surface area contributed by atoms with Gasteiger partial charge in [0.2, 0.25) is 0 Å². The van der Waals surface area contributed by atoms with E-state index < -0.39 is 10.8 Å². The molecule has 17 heavy (non-hydrogen) atoms. The van der Waals surface area contributed by atoms with Crippen molar-refractivity contribution in [3.63, 3.8) is 0 Å². The molecular weight excluding hydrogens is 238 g/mol. The summed E-state index contributed by atoms with van der Waals surface area (Å²) < 4.78 is 11.3. The van der Waals surface area contributed by atoms with Gasteiger partial charge < -0.3 is 10.7 Å². The van der Waals surface area contributed by atoms with Crippen molar-refractivity contribution in [1.29, 1.82) is 0 Å². The van der Waals surface area contributed by atoms with E-state index in [4.69, 9.17) is 5.84 Å². The van der Waals surface area contributed by atoms with E-state index in [1.54, 1.807) is 0 Å². The van der Waals surface area contributed by atoms with Crippen molar-refractivity contribution >= 4 is 22.4 Å². The van der Waals surface area contributed by atoms with Crippen molar-refractivity contribution in [2.45, 2.75) is 20.3 Å². The highest BCUT2D eigenvalue weighted by molar-refractivity contribution is 7.84. The summed E-state index contributed by atoms with van der Waals surface area (Å²) in [6, 6.07) is 0. The van der Waals surface area contributed by atoms with Crippen LogP contribution in [0.5, 0.6) is 0 Å². The lowest BCUT2D eigenvalue weighted by atomic mass is 10.2. The Morgan fingerprint density at radius 1 is 1.35 bits per heavy atom. The fourth-order valence-electron chi connectivity index (χ4n) is 1.45. The van der Waals surface area contributed by atoms with Crippen molar-refractivity contribution in [2.75, 3.05) is 28.8 Å². The Balaban J connectivity index is 2.67. The average Bonchev–Trinajstić information content (AvgIpc) is 2.37. The van der Waals surface area contributed by atoms with Crippen molar-refractivity contribution in [3.8, 4) is 0 Å². The van der Waals surface area contributed by atoms with E-state index in [1.165, 1.54) is 6.33 Å². The topological polar surface area (TPSA) is 92.9 Å². The van der Waals surface area contributed by atoms with Crippen LogP contribution in [0.3, 0.4) is 0 Å². The summed E-state index contributed by atoms with van der Waals surface area (Å²) in [5.74, 6) is 8.06. The molecule has 0 spiro atoms. The largest absolute Gasteiger partial charge is 0.369 e. The molecule has 1 heterocycles. The van der Waals surface area contributed by atoms with Gasteiger partial charge in [0.05, 0.1) is 0 Å². The SMILES string of the molecule is CCc1c(NN)ncnc1NCCS(=O)CC. The van der Waals surface area contributed by atoms with Gasteiger partial charge in [-0.3, -0.25) is 4.21 Å². The van der Waals surface area contributed by atoms with Gasteiger partial charge in [0.1, 0.15) is 18.0 Å². The van der Waals surface area contributed by atoms with E-state index in [9.17, 15) is 4.21 Å². The summed E-state index contributed by atoms with van der Waals surface area (Å²) in [6.07, 6.45) is 2.23. The van der Waals surface area contributed by atoms with Crippen LogP contribution in [0.25, 0.3) is 0 Å². The second-order valence-corrected chi connectivity index (χ2v) is 5.27. The Bertz CT molecular complexity index is 385. The zero-order chi connectivity index (χ0) is 12.7. The normalized spacial score (nSPS) is 12.2. The Labute approximate surface area is 104 Å². The van der Waals surface area contributed by atoms with Gasteiger partial charge in [0.25, 0.3) is 0 Å². The number of nitrogen functional groups attached to an aromatic ring is 1. The Morgan fingerprint density at radius 3 is 2.65 bits per heavy atom. The number of nitrogens with one attached hydrogen (secondary N) is 2. The van der Waals surface area contributed by atoms with Gasteiger partial charge in [-0.25, -0.2) is 15.8 Å². The van der Waals surface area contributed by atoms with Crippen LogP contribution in [0.2, 0.25) is 0 Å². The first-order chi connectivity index (χ1) is 8.22. The molecule has 1 aromatic heterocycles. The van der Waals surface area contributed by atoms with Crippen molar-refractivity contribution < 1.29 is 4.21 Å². The number of nitrogens with zero attached hydrogens (tertiary/aromatic N) is 2. The van der Waals surface area contributed by atoms with Gasteiger partial charge in [0.15, 0.2) is 0 Å². The number of anilines is 2. The number of hydrogen-bond donors (Lipinski definition) is 3. The van der Waals surface area contributed by atoms with Crippen LogP contribution >= 0.6 is 0 Å². The van der Waals surface area contributed by atoms with Gasteiger partial charge in [-0.2, -0.15) is 0 Å². The molecule has 96 valence electrons. The average molecular weight is 257 g/mol. The van der Waals surface area contributed by atoms with Gasteiger partial charge in [-0.1, -0.05) is 13.8 Å². The molecule has 1 rings (SSSR count). The number of hydrazine groups is 1. The van der Waals surface area contributed by atoms with E-state index in [0.717, 1.165) is 17.8 Å². The number of nitrogens with two attached hydrogens (primary N) is 1. The monoisotopic (exact) mass is 257 g/mol. The van der Waals surface area contributed by atoms with E-state index >= 15 is 0 Å². The highest BCUT2D eigenvalue weighted by Crippen LogP contribution is 2.18. The first kappa shape index (κ1) is 13.9. The number of rotatable bonds is 7. The Kier molecular flexibility index (Phi) is 5.85. The van der Waals surface area contributed by atoms with Gasteiger partial charge >= 0.3 is 0 Å². The second kappa shape index (κ2) is 7.18. The van der Waals surface area contributed by atoms with Crippen LogP contribution in [-0.4, -0.2) is 32.2 Å². The molecule has 0 fully saturated rings. The van der Waals surface area contributed by atoms with E-state index in [0.29, 0.717) is 23.9 Å². The summed E-state index contributed by atoms with van der Waals surface area (Å²) >= 11 is 0. The second-order valence-electron chi connectivity index (χ2n) is 3.41. The molecule has 7 heteroatoms. The predicted octanol–water partition coefficient (Wildman–Crippen LogP) is 0.505. The predicted molar refractivity (Wildman–Crippen MR) is 71.3 cm³/mol. The van der Waals surface area contributed by atoms with Crippen LogP contribution in [0.15, 0.2) is 6.33 Å². The van der Waals surface area contributed by atoms with Crippen LogP contribution in [0.4, 0.5) is 11.6 Å². The van der Waals surface area contributed by atoms with E-state index in [1.807, 2.05) is 13.8 Å². The van der Waals surface area contributed by atoms with E-state index in [2.05, 4.69) is 20.7 Å². The summed E-state index contributed by atoms with van der Waals surface area (Å²) in [5, 5.41) is 3.16. The first-order valence-electron chi connectivity index (χ1n) is 5.62. The Hall–Kier alpha value is -1.21. The minimum Gasteiger partial charge on any atom is -0.369 e. The molecule has 0 amide bonds. The fourth-order valence-corrected chi connectivity index (χ4v) is 2.07. The Morgan fingerprint density at radius 2 is 2.06 bits per heavy atom. The van der Waals surface area contributed by atoms with Crippen molar-refractivity contribution in [3.05, 3.63) is 11.9 Å². The molecule has 0 radical (unpaired) electrons. The van der Waals surface area contributed by atoms with Crippen LogP contribution in [0, 0.1) is 0 Å². The zero-order valence-electron chi connectivity index (χ0n) is 10.2. The number of hydrogen-bond acceptors (Lipinski definition) is 6. The molecule has 1 atom stereocenters. The number of aromatic nitrogens is 2. The molecule has 1 aromatic rings. The van der Waals surface area contributed by atoms with Crippen LogP contribution < -0.4 is 16.6 Å². The lowest BCUT2D eigenvalue weighted by Gasteiger charge is -2.12. The smallest absolute Gasteiger partial charge is 0.148 e. The molecule has 1 unspecified atom stereocenters. The molecule has 0 saturated carbocycles. The fraction of sp³-hybridized carbons (Fsp3) is 0.600. The van der Waals surface area contributed by atoms with Crippen LogP contribution in [0.1, 0.15) is 19.4 Å². The minimum absolute atomic E-state index is 0.620. The van der Waals surface area contributed by atoms with E-state index in [-0.39, 0.29) is 0 Å². The summed E-state index contributed by atoms with van der Waals surface area (Å²) in [7, 11) is -0.763. The lowest BCUT2D eigenvalue weighted by molar-refractivity contribution is 0.684. The van der Waals surface area contributed by atoms with Crippen molar-refractivity contribution in [1.82, 2.24) is 9.97 Å². The standard InChI is InChI=1S/C10H19N5OS/c1-3-8-9(12-5-6-17(16)4-2)13-7-14-10(8)15-11/h7H,3-6,11H2,1-2H3,(H2,12,13,14,15). The zero-order valence-corrected chi connectivity index (χ0v) is 11.0. The van der Waals surface area contributed by atoms with Crippen LogP contribution in [-0.2, 0) is 17.2 Å². The third kappa shape index (κ3) is 3.94. The summed E-state index contributed by atoms with van der Waals surface area (Å²) in [6.45, 7) is 4.55. The lowest BCUT2D eigenvalue weighted by Crippen LogP contribution is -2.17. The van der Waals surface area contributed by atoms with Gasteiger partial charge in [-0.15, -0.1) is 0 Å². The minimum atomic E-state index is -0.763. The maximum Gasteiger partial charge on any atom is 0.148 e. The molecule has 6 nitrogen and oxygen atoms in total. The molecule has 4 N–H and O–H groups in total. The van der Waals surface area contributed by atoms with Crippen molar-refractivity contribution in [2.24, 2.45) is 5.84 Å². The molecule has 0 aliphatic heterocycles. The molecule has 0 aliphatic rings. The maximum absolute atomic E-state index is 11.3. The first-order valence-corrected chi connectivity index (χ1v) is 7.11. The molecule has 0 saturated heterocycles. The highest BCUT2D eigenvalue weighted by Gasteiger charge is 2.08. The van der Waals surface area contributed by atoms with Gasteiger partial charge in [-0.05, 0) is 6.42 Å². The maximum atomic E-state index is 11.3. The molecule has 0 bridgehead atoms. The molecule has 0 aromatic carbocycles. The van der Waals surface area contributed by atoms with Gasteiger partial charge in [0, 0.05) is 34.4 Å². The molecule has 0 aliphatic carbocycles. The highest BCUT2D eigenvalue weighted by atomic mass is 32.2. The summed E-state index contributed by atoms with van der Waals surface area (Å²) in [5.41, 5.74) is 3.49.